The molecule has 10 aromatic carbocycles. The fourth-order valence-electron chi connectivity index (χ4n) is 8.84. The van der Waals surface area contributed by atoms with E-state index in [1.54, 1.807) is 0 Å². The van der Waals surface area contributed by atoms with Gasteiger partial charge in [-0.25, -0.2) is 0 Å². The zero-order chi connectivity index (χ0) is 55.8. The van der Waals surface area contributed by atoms with E-state index in [9.17, 15) is 9.13 Å². The van der Waals surface area contributed by atoms with Gasteiger partial charge in [0, 0.05) is 53.6 Å². The van der Waals surface area contributed by atoms with Crippen molar-refractivity contribution >= 4 is 97.0 Å². The Labute approximate surface area is 479 Å². The van der Waals surface area contributed by atoms with Crippen molar-refractivity contribution in [2.45, 2.75) is 0 Å². The maximum absolute atomic E-state index is 14.8. The minimum atomic E-state index is -3.44. The van der Waals surface area contributed by atoms with Crippen LogP contribution in [0.3, 0.4) is 0 Å². The standard InChI is InChI=1S/C33H27N5O2P2.C33H27N5P2/c39-41(27-18-8-2-9-19-27,28-20-10-3-11-21-28)37-32-34-31(26-16-6-1-7-17-26)35-33(36-32)38-42(40,29-22-12-4-13-23-29)30-24-14-5-15-25-30;1-6-16-26(17-7-1)31-34-32(37-39(27-18-8-2-9-19-27)28-20-10-3-11-21-28)36-33(35-31)38-40(29-22-12-4-13-23-29)30-24-14-5-15-25-30/h1-25H,(H2,34,35,36,37,38,39,40);1-25H,(H2,34,35,36,37,38). The summed E-state index contributed by atoms with van der Waals surface area (Å²) in [7, 11) is -8.80. The molecule has 0 aliphatic rings. The van der Waals surface area contributed by atoms with Gasteiger partial charge in [0.2, 0.25) is 38.4 Å². The maximum Gasteiger partial charge on any atom is 0.234 e. The van der Waals surface area contributed by atoms with Crippen molar-refractivity contribution in [2.75, 3.05) is 20.3 Å². The van der Waals surface area contributed by atoms with Crippen LogP contribution in [0.4, 0.5) is 23.8 Å². The Balaban J connectivity index is 0.000000172. The molecule has 0 aliphatic heterocycles. The average molecular weight is 1140 g/mol. The molecule has 12 nitrogen and oxygen atoms in total. The molecule has 0 amide bonds. The van der Waals surface area contributed by atoms with Crippen molar-refractivity contribution in [3.8, 4) is 22.8 Å². The predicted molar refractivity (Wildman–Crippen MR) is 343 cm³/mol. The van der Waals surface area contributed by atoms with E-state index in [1.165, 1.54) is 21.2 Å². The van der Waals surface area contributed by atoms with Crippen LogP contribution in [0.2, 0.25) is 0 Å². The lowest BCUT2D eigenvalue weighted by Crippen LogP contribution is -2.24. The largest absolute Gasteiger partial charge is 0.325 e. The summed E-state index contributed by atoms with van der Waals surface area (Å²) >= 11 is 0. The third kappa shape index (κ3) is 13.3. The fraction of sp³-hybridized carbons (Fsp3) is 0. The monoisotopic (exact) mass is 1140 g/mol. The smallest absolute Gasteiger partial charge is 0.234 e. The van der Waals surface area contributed by atoms with Crippen LogP contribution in [0, 0.1) is 0 Å². The summed E-state index contributed by atoms with van der Waals surface area (Å²) < 4.78 is 29.6. The normalized spacial score (nSPS) is 11.2. The third-order valence-corrected chi connectivity index (χ3v) is 22.0. The molecule has 400 valence electrons. The second-order valence-electron chi connectivity index (χ2n) is 18.4. The van der Waals surface area contributed by atoms with Gasteiger partial charge in [-0.2, -0.15) is 29.9 Å². The van der Waals surface area contributed by atoms with Crippen LogP contribution in [0.5, 0.6) is 0 Å². The maximum atomic E-state index is 14.8. The van der Waals surface area contributed by atoms with Crippen LogP contribution < -0.4 is 62.8 Å². The van der Waals surface area contributed by atoms with Gasteiger partial charge in [-0.1, -0.05) is 255 Å². The van der Waals surface area contributed by atoms with Crippen LogP contribution >= 0.6 is 30.7 Å². The van der Waals surface area contributed by atoms with Gasteiger partial charge in [-0.3, -0.25) is 19.3 Å². The highest BCUT2D eigenvalue weighted by Crippen LogP contribution is 2.46. The van der Waals surface area contributed by atoms with Gasteiger partial charge >= 0.3 is 0 Å². The van der Waals surface area contributed by atoms with Crippen molar-refractivity contribution in [1.82, 2.24) is 29.9 Å². The Morgan fingerprint density at radius 3 is 0.707 bits per heavy atom. The SMILES string of the molecule is O=P(Nc1nc(NP(=O)(c2ccccc2)c2ccccc2)nc(-c2ccccc2)n1)(c1ccccc1)c1ccccc1.c1ccc(-c2nc(NP(c3ccccc3)c3ccccc3)nc(NP(c3ccccc3)c3ccccc3)n2)cc1. The number of anilines is 4. The summed E-state index contributed by atoms with van der Waals surface area (Å²) in [5, 5.41) is 20.9. The van der Waals surface area contributed by atoms with Gasteiger partial charge in [-0.15, -0.1) is 0 Å². The Morgan fingerprint density at radius 1 is 0.244 bits per heavy atom. The molecule has 0 atom stereocenters. The lowest BCUT2D eigenvalue weighted by atomic mass is 10.2. The second-order valence-corrected chi connectivity index (χ2v) is 27.2. The molecule has 0 spiro atoms. The molecule has 0 saturated carbocycles. The highest BCUT2D eigenvalue weighted by Gasteiger charge is 2.32. The van der Waals surface area contributed by atoms with E-state index >= 15 is 0 Å². The summed E-state index contributed by atoms with van der Waals surface area (Å²) in [5.41, 5.74) is 1.66. The van der Waals surface area contributed by atoms with E-state index in [0.717, 1.165) is 11.1 Å². The zero-order valence-corrected chi connectivity index (χ0v) is 47.7. The van der Waals surface area contributed by atoms with Crippen LogP contribution in [-0.4, -0.2) is 29.9 Å². The zero-order valence-electron chi connectivity index (χ0n) is 44.2. The van der Waals surface area contributed by atoms with Crippen molar-refractivity contribution in [2.24, 2.45) is 0 Å². The Kier molecular flexibility index (Phi) is 17.6. The summed E-state index contributed by atoms with van der Waals surface area (Å²) in [6.45, 7) is 0. The molecule has 0 unspecified atom stereocenters. The first kappa shape index (κ1) is 54.7. The molecule has 2 heterocycles. The minimum Gasteiger partial charge on any atom is -0.325 e. The highest BCUT2D eigenvalue weighted by atomic mass is 31.2. The molecule has 82 heavy (non-hydrogen) atoms. The summed E-state index contributed by atoms with van der Waals surface area (Å²) in [5.74, 6) is 2.21. The Hall–Kier alpha value is -9.26. The number of rotatable bonds is 18. The van der Waals surface area contributed by atoms with Gasteiger partial charge in [0.1, 0.15) is 0 Å². The lowest BCUT2D eigenvalue weighted by molar-refractivity contribution is 0.589. The minimum absolute atomic E-state index is 0.0927. The third-order valence-electron chi connectivity index (χ3n) is 12.8. The highest BCUT2D eigenvalue weighted by molar-refractivity contribution is 7.80. The lowest BCUT2D eigenvalue weighted by Gasteiger charge is -2.23. The molecule has 0 fully saturated rings. The first-order valence-electron chi connectivity index (χ1n) is 26.3. The number of nitrogens with zero attached hydrogens (tertiary/aromatic N) is 6. The summed E-state index contributed by atoms with van der Waals surface area (Å²) in [6, 6.07) is 98.2. The predicted octanol–water partition coefficient (Wildman–Crippen LogP) is 12.7. The Morgan fingerprint density at radius 2 is 0.451 bits per heavy atom. The van der Waals surface area contributed by atoms with Gasteiger partial charge in [0.25, 0.3) is 0 Å². The Bertz CT molecular complexity index is 3660. The molecule has 12 rings (SSSR count). The van der Waals surface area contributed by atoms with E-state index in [-0.39, 0.29) is 11.9 Å². The number of benzene rings is 10. The second kappa shape index (κ2) is 26.3. The topological polar surface area (TPSA) is 160 Å². The van der Waals surface area contributed by atoms with Gasteiger partial charge < -0.3 is 10.2 Å². The molecule has 12 aromatic rings. The molecule has 0 radical (unpaired) electrons. The van der Waals surface area contributed by atoms with Crippen molar-refractivity contribution in [3.63, 3.8) is 0 Å². The fourth-order valence-corrected chi connectivity index (χ4v) is 16.7. The van der Waals surface area contributed by atoms with Gasteiger partial charge in [-0.05, 0) is 48.5 Å². The van der Waals surface area contributed by atoms with Gasteiger partial charge in [0.15, 0.2) is 11.6 Å². The molecule has 0 aliphatic carbocycles. The van der Waals surface area contributed by atoms with Crippen LogP contribution in [0.1, 0.15) is 0 Å². The average Bonchev–Trinajstić information content (AvgIpc) is 3.65. The van der Waals surface area contributed by atoms with E-state index in [1.807, 2.05) is 206 Å². The molecule has 16 heteroatoms. The van der Waals surface area contributed by atoms with E-state index < -0.39 is 30.7 Å². The van der Waals surface area contributed by atoms with Gasteiger partial charge in [0.05, 0.1) is 16.1 Å². The molecule has 2 aromatic heterocycles. The van der Waals surface area contributed by atoms with Crippen molar-refractivity contribution < 1.29 is 9.13 Å². The van der Waals surface area contributed by atoms with Crippen LogP contribution in [0.15, 0.2) is 303 Å². The summed E-state index contributed by atoms with van der Waals surface area (Å²) in [4.78, 5) is 28.7. The first-order valence-corrected chi connectivity index (χ1v) is 32.4. The van der Waals surface area contributed by atoms with E-state index in [0.29, 0.717) is 44.8 Å². The van der Waals surface area contributed by atoms with Crippen LogP contribution in [-0.2, 0) is 9.13 Å². The molecule has 0 saturated heterocycles. The van der Waals surface area contributed by atoms with Crippen molar-refractivity contribution in [1.29, 1.82) is 0 Å². The number of hydrogen-bond donors (Lipinski definition) is 4. The number of hydrogen-bond acceptors (Lipinski definition) is 10. The first-order chi connectivity index (χ1) is 40.4. The molecular weight excluding hydrogens is 1090 g/mol. The quantitative estimate of drug-likeness (QED) is 0.0603. The number of aromatic nitrogens is 6. The van der Waals surface area contributed by atoms with E-state index in [4.69, 9.17) is 15.0 Å². The molecular formula is C66H54N10O2P4. The van der Waals surface area contributed by atoms with Crippen molar-refractivity contribution in [3.05, 3.63) is 303 Å². The molecule has 0 bridgehead atoms. The summed E-state index contributed by atoms with van der Waals surface area (Å²) in [6.07, 6.45) is 0. The van der Waals surface area contributed by atoms with Crippen LogP contribution in [0.25, 0.3) is 22.8 Å². The van der Waals surface area contributed by atoms with E-state index in [2.05, 4.69) is 132 Å². The molecule has 4 N–H and O–H groups in total. The number of nitrogens with one attached hydrogen (secondary N) is 4.